The van der Waals surface area contributed by atoms with E-state index in [1.54, 1.807) is 25.3 Å². The highest BCUT2D eigenvalue weighted by Crippen LogP contribution is 2.22. The van der Waals surface area contributed by atoms with Crippen LogP contribution in [0.4, 0.5) is 14.9 Å². The molecule has 0 aliphatic carbocycles. The molecule has 1 aromatic rings. The van der Waals surface area contributed by atoms with Crippen LogP contribution in [-0.4, -0.2) is 29.5 Å². The molecule has 19 heavy (non-hydrogen) atoms. The average Bonchev–Trinajstić information content (AvgIpc) is 2.38. The van der Waals surface area contributed by atoms with Gasteiger partial charge in [0.2, 0.25) is 0 Å². The highest BCUT2D eigenvalue weighted by molar-refractivity contribution is 7.98. The van der Waals surface area contributed by atoms with Crippen molar-refractivity contribution in [3.8, 4) is 0 Å². The maximum Gasteiger partial charge on any atom is 0.319 e. The van der Waals surface area contributed by atoms with Gasteiger partial charge in [0.1, 0.15) is 5.82 Å². The van der Waals surface area contributed by atoms with Gasteiger partial charge in [0.15, 0.2) is 0 Å². The fourth-order valence-corrected chi connectivity index (χ4v) is 1.88. The first kappa shape index (κ1) is 15.8. The van der Waals surface area contributed by atoms with E-state index in [-0.39, 0.29) is 12.4 Å². The molecule has 0 aliphatic rings. The maximum atomic E-state index is 13.5. The van der Waals surface area contributed by atoms with E-state index >= 15 is 0 Å². The Balaban J connectivity index is 2.70. The molecule has 0 spiro atoms. The number of hydrogen-bond donors (Lipinski definition) is 3. The number of thioether (sulfide) groups is 1. The summed E-state index contributed by atoms with van der Waals surface area (Å²) in [5, 5.41) is 14.4. The number of rotatable bonds is 5. The average molecular weight is 286 g/mol. The molecule has 1 rings (SSSR count). The molecule has 0 fully saturated rings. The number of carbonyl (C=O) groups excluding carboxylic acids is 1. The van der Waals surface area contributed by atoms with Crippen molar-refractivity contribution in [3.63, 3.8) is 0 Å². The molecule has 0 saturated heterocycles. The molecule has 0 aromatic heterocycles. The number of urea groups is 1. The first-order chi connectivity index (χ1) is 8.94. The number of nitrogens with one attached hydrogen (secondary N) is 2. The monoisotopic (exact) mass is 286 g/mol. The Morgan fingerprint density at radius 1 is 1.53 bits per heavy atom. The van der Waals surface area contributed by atoms with E-state index in [1.165, 1.54) is 17.8 Å². The molecule has 0 saturated carbocycles. The number of carbonyl (C=O) groups is 1. The number of amides is 2. The summed E-state index contributed by atoms with van der Waals surface area (Å²) >= 11 is 1.30. The van der Waals surface area contributed by atoms with Gasteiger partial charge in [-0.05, 0) is 37.8 Å². The molecule has 6 heteroatoms. The minimum atomic E-state index is -0.679. The number of benzene rings is 1. The predicted octanol–water partition coefficient (Wildman–Crippen LogP) is 2.83. The van der Waals surface area contributed by atoms with E-state index < -0.39 is 11.6 Å². The summed E-state index contributed by atoms with van der Waals surface area (Å²) < 4.78 is 13.5. The second-order valence-electron chi connectivity index (χ2n) is 4.50. The van der Waals surface area contributed by atoms with Crippen LogP contribution in [-0.2, 0) is 0 Å². The topological polar surface area (TPSA) is 61.4 Å². The molecular weight excluding hydrogens is 267 g/mol. The smallest absolute Gasteiger partial charge is 0.319 e. The largest absolute Gasteiger partial charge is 0.394 e. The molecule has 3 N–H and O–H groups in total. The van der Waals surface area contributed by atoms with Crippen LogP contribution in [0.1, 0.15) is 20.3 Å². The normalized spacial score (nSPS) is 13.7. The lowest BCUT2D eigenvalue weighted by Crippen LogP contribution is -2.50. The SMILES string of the molecule is CCC(C)(CO)NC(=O)Nc1ccc(SC)c(F)c1. The lowest BCUT2D eigenvalue weighted by Gasteiger charge is -2.27. The fraction of sp³-hybridized carbons (Fsp3) is 0.462. The minimum Gasteiger partial charge on any atom is -0.394 e. The third-order valence-corrected chi connectivity index (χ3v) is 3.73. The van der Waals surface area contributed by atoms with Crippen LogP contribution >= 0.6 is 11.8 Å². The van der Waals surface area contributed by atoms with E-state index in [0.29, 0.717) is 17.0 Å². The first-order valence-corrected chi connectivity index (χ1v) is 7.20. The molecule has 106 valence electrons. The Morgan fingerprint density at radius 2 is 2.21 bits per heavy atom. The second-order valence-corrected chi connectivity index (χ2v) is 5.35. The third kappa shape index (κ3) is 4.40. The number of halogens is 1. The summed E-state index contributed by atoms with van der Waals surface area (Å²) in [4.78, 5) is 12.3. The Morgan fingerprint density at radius 3 is 2.68 bits per heavy atom. The molecule has 1 unspecified atom stereocenters. The molecule has 4 nitrogen and oxygen atoms in total. The maximum absolute atomic E-state index is 13.5. The van der Waals surface area contributed by atoms with Crippen LogP contribution in [0.5, 0.6) is 0 Å². The van der Waals surface area contributed by atoms with Gasteiger partial charge in [-0.3, -0.25) is 0 Å². The number of aliphatic hydroxyl groups excluding tert-OH is 1. The van der Waals surface area contributed by atoms with Gasteiger partial charge in [-0.25, -0.2) is 9.18 Å². The summed E-state index contributed by atoms with van der Waals surface area (Å²) in [6.45, 7) is 3.45. The summed E-state index contributed by atoms with van der Waals surface area (Å²) in [7, 11) is 0. The first-order valence-electron chi connectivity index (χ1n) is 5.97. The van der Waals surface area contributed by atoms with Crippen LogP contribution in [0.2, 0.25) is 0 Å². The number of hydrogen-bond acceptors (Lipinski definition) is 3. The number of anilines is 1. The van der Waals surface area contributed by atoms with E-state index in [2.05, 4.69) is 10.6 Å². The Bertz CT molecular complexity index is 450. The van der Waals surface area contributed by atoms with Crippen molar-refractivity contribution in [1.82, 2.24) is 5.32 Å². The van der Waals surface area contributed by atoms with Gasteiger partial charge in [0.05, 0.1) is 12.1 Å². The molecule has 2 amide bonds. The van der Waals surface area contributed by atoms with Crippen molar-refractivity contribution in [3.05, 3.63) is 24.0 Å². The highest BCUT2D eigenvalue weighted by atomic mass is 32.2. The minimum absolute atomic E-state index is 0.156. The zero-order valence-corrected chi connectivity index (χ0v) is 12.1. The Hall–Kier alpha value is -1.27. The van der Waals surface area contributed by atoms with E-state index in [0.717, 1.165) is 0 Å². The summed E-state index contributed by atoms with van der Waals surface area (Å²) in [6, 6.07) is 4.06. The van der Waals surface area contributed by atoms with Gasteiger partial charge in [-0.2, -0.15) is 0 Å². The van der Waals surface area contributed by atoms with Crippen LogP contribution in [0.15, 0.2) is 23.1 Å². The summed E-state index contributed by atoms with van der Waals surface area (Å²) in [5.41, 5.74) is -0.300. The Labute approximate surface area is 116 Å². The zero-order valence-electron chi connectivity index (χ0n) is 11.3. The van der Waals surface area contributed by atoms with Crippen molar-refractivity contribution >= 4 is 23.5 Å². The molecule has 0 aliphatic heterocycles. The lowest BCUT2D eigenvalue weighted by molar-refractivity contribution is 0.172. The van der Waals surface area contributed by atoms with Crippen molar-refractivity contribution in [1.29, 1.82) is 0 Å². The van der Waals surface area contributed by atoms with Crippen molar-refractivity contribution < 1.29 is 14.3 Å². The quantitative estimate of drug-likeness (QED) is 0.729. The van der Waals surface area contributed by atoms with E-state index in [1.807, 2.05) is 6.92 Å². The van der Waals surface area contributed by atoms with Gasteiger partial charge < -0.3 is 15.7 Å². The van der Waals surface area contributed by atoms with Crippen LogP contribution in [0.25, 0.3) is 0 Å². The lowest BCUT2D eigenvalue weighted by atomic mass is 10.0. The molecule has 0 radical (unpaired) electrons. The molecular formula is C13H19FN2O2S. The summed E-state index contributed by atoms with van der Waals surface area (Å²) in [6.07, 6.45) is 2.38. The van der Waals surface area contributed by atoms with E-state index in [4.69, 9.17) is 0 Å². The fourth-order valence-electron chi connectivity index (χ4n) is 1.42. The molecule has 0 bridgehead atoms. The van der Waals surface area contributed by atoms with Crippen LogP contribution in [0, 0.1) is 5.82 Å². The predicted molar refractivity (Wildman–Crippen MR) is 76.1 cm³/mol. The van der Waals surface area contributed by atoms with Crippen LogP contribution in [0.3, 0.4) is 0 Å². The van der Waals surface area contributed by atoms with Gasteiger partial charge >= 0.3 is 6.03 Å². The summed E-state index contributed by atoms with van der Waals surface area (Å²) in [5.74, 6) is -0.370. The van der Waals surface area contributed by atoms with Crippen LogP contribution < -0.4 is 10.6 Å². The van der Waals surface area contributed by atoms with Crippen molar-refractivity contribution in [2.75, 3.05) is 18.2 Å². The number of aliphatic hydroxyl groups is 1. The van der Waals surface area contributed by atoms with Gasteiger partial charge in [-0.15, -0.1) is 11.8 Å². The molecule has 1 atom stereocenters. The van der Waals surface area contributed by atoms with Gasteiger partial charge in [0, 0.05) is 10.6 Å². The third-order valence-electron chi connectivity index (χ3n) is 2.95. The molecule has 1 aromatic carbocycles. The zero-order chi connectivity index (χ0) is 14.5. The van der Waals surface area contributed by atoms with E-state index in [9.17, 15) is 14.3 Å². The van der Waals surface area contributed by atoms with Gasteiger partial charge in [0.25, 0.3) is 0 Å². The van der Waals surface area contributed by atoms with Crippen molar-refractivity contribution in [2.24, 2.45) is 0 Å². The Kier molecular flexibility index (Phi) is 5.62. The standard InChI is InChI=1S/C13H19FN2O2S/c1-4-13(2,8-17)16-12(18)15-9-5-6-11(19-3)10(14)7-9/h5-7,17H,4,8H2,1-3H3,(H2,15,16,18). The van der Waals surface area contributed by atoms with Crippen molar-refractivity contribution in [2.45, 2.75) is 30.7 Å². The van der Waals surface area contributed by atoms with Gasteiger partial charge in [-0.1, -0.05) is 6.92 Å². The highest BCUT2D eigenvalue weighted by Gasteiger charge is 2.23. The molecule has 0 heterocycles. The second kappa shape index (κ2) is 6.77.